The lowest BCUT2D eigenvalue weighted by Crippen LogP contribution is -2.20. The van der Waals surface area contributed by atoms with E-state index in [1.165, 1.54) is 25.7 Å². The lowest BCUT2D eigenvalue weighted by atomic mass is 10.4. The zero-order valence-electron chi connectivity index (χ0n) is 10.1. The van der Waals surface area contributed by atoms with Crippen molar-refractivity contribution in [3.05, 3.63) is 41.8 Å². The minimum Gasteiger partial charge on any atom is -0.497 e. The molecule has 0 fully saturated rings. The fourth-order valence-electron chi connectivity index (χ4n) is 1.35. The maximum absolute atomic E-state index is 11.7. The van der Waals surface area contributed by atoms with Crippen molar-refractivity contribution in [2.75, 3.05) is 17.7 Å². The third kappa shape index (κ3) is 3.56. The SMILES string of the molecule is COc1ccnc(NC(=O)Nc2cnccc2Cl)c1. The van der Waals surface area contributed by atoms with Gasteiger partial charge in [-0.15, -0.1) is 0 Å². The molecule has 0 saturated heterocycles. The molecule has 2 N–H and O–H groups in total. The number of halogens is 1. The van der Waals surface area contributed by atoms with Crippen molar-refractivity contribution in [3.63, 3.8) is 0 Å². The Balaban J connectivity index is 2.03. The van der Waals surface area contributed by atoms with E-state index in [-0.39, 0.29) is 0 Å². The van der Waals surface area contributed by atoms with Crippen molar-refractivity contribution < 1.29 is 9.53 Å². The Kier molecular flexibility index (Phi) is 4.15. The van der Waals surface area contributed by atoms with Crippen LogP contribution in [0.3, 0.4) is 0 Å². The number of hydrogen-bond donors (Lipinski definition) is 2. The maximum Gasteiger partial charge on any atom is 0.324 e. The summed E-state index contributed by atoms with van der Waals surface area (Å²) in [5.41, 5.74) is 0.421. The highest BCUT2D eigenvalue weighted by Crippen LogP contribution is 2.19. The molecular formula is C12H11ClN4O2. The van der Waals surface area contributed by atoms with Gasteiger partial charge in [-0.05, 0) is 12.1 Å². The number of aromatic nitrogens is 2. The fraction of sp³-hybridized carbons (Fsp3) is 0.0833. The maximum atomic E-state index is 11.7. The molecule has 0 bridgehead atoms. The Bertz CT molecular complexity index is 591. The van der Waals surface area contributed by atoms with Crippen LogP contribution in [0.25, 0.3) is 0 Å². The summed E-state index contributed by atoms with van der Waals surface area (Å²) in [6.07, 6.45) is 4.53. The van der Waals surface area contributed by atoms with E-state index in [1.54, 1.807) is 18.2 Å². The summed E-state index contributed by atoms with van der Waals surface area (Å²) < 4.78 is 5.03. The van der Waals surface area contributed by atoms with Crippen LogP contribution in [0.2, 0.25) is 5.02 Å². The van der Waals surface area contributed by atoms with Gasteiger partial charge in [-0.25, -0.2) is 9.78 Å². The zero-order chi connectivity index (χ0) is 13.7. The van der Waals surface area contributed by atoms with E-state index < -0.39 is 6.03 Å². The highest BCUT2D eigenvalue weighted by Gasteiger charge is 2.07. The van der Waals surface area contributed by atoms with Crippen LogP contribution >= 0.6 is 11.6 Å². The Labute approximate surface area is 114 Å². The molecular weight excluding hydrogens is 268 g/mol. The predicted octanol–water partition coefficient (Wildman–Crippen LogP) is 2.78. The molecule has 0 aliphatic rings. The number of ether oxygens (including phenoxy) is 1. The summed E-state index contributed by atoms with van der Waals surface area (Å²) in [7, 11) is 1.54. The lowest BCUT2D eigenvalue weighted by molar-refractivity contribution is 0.262. The fourth-order valence-corrected chi connectivity index (χ4v) is 1.50. The number of carbonyl (C=O) groups excluding carboxylic acids is 1. The first-order valence-electron chi connectivity index (χ1n) is 5.36. The van der Waals surface area contributed by atoms with Crippen LogP contribution in [-0.2, 0) is 0 Å². The van der Waals surface area contributed by atoms with Gasteiger partial charge in [-0.2, -0.15) is 0 Å². The molecule has 2 rings (SSSR count). The summed E-state index contributed by atoms with van der Waals surface area (Å²) in [5, 5.41) is 5.54. The first-order valence-corrected chi connectivity index (χ1v) is 5.74. The standard InChI is InChI=1S/C12H11ClN4O2/c1-19-8-2-5-15-11(6-8)17-12(18)16-10-7-14-4-3-9(10)13/h2-7H,1H3,(H2,15,16,17,18). The van der Waals surface area contributed by atoms with E-state index >= 15 is 0 Å². The second kappa shape index (κ2) is 6.01. The van der Waals surface area contributed by atoms with Gasteiger partial charge in [0, 0.05) is 18.5 Å². The molecule has 2 heterocycles. The third-order valence-corrected chi connectivity index (χ3v) is 2.55. The molecule has 2 amide bonds. The number of nitrogens with one attached hydrogen (secondary N) is 2. The van der Waals surface area contributed by atoms with Gasteiger partial charge in [0.15, 0.2) is 0 Å². The second-order valence-corrected chi connectivity index (χ2v) is 3.92. The molecule has 0 aliphatic heterocycles. The number of carbonyl (C=O) groups is 1. The number of methoxy groups -OCH3 is 1. The Morgan fingerprint density at radius 2 is 2.16 bits per heavy atom. The highest BCUT2D eigenvalue weighted by molar-refractivity contribution is 6.33. The first kappa shape index (κ1) is 13.1. The van der Waals surface area contributed by atoms with Crippen molar-refractivity contribution in [2.45, 2.75) is 0 Å². The second-order valence-electron chi connectivity index (χ2n) is 3.52. The van der Waals surface area contributed by atoms with E-state index in [9.17, 15) is 4.79 Å². The molecule has 0 radical (unpaired) electrons. The van der Waals surface area contributed by atoms with Crippen molar-refractivity contribution in [1.29, 1.82) is 0 Å². The van der Waals surface area contributed by atoms with Gasteiger partial charge in [0.05, 0.1) is 24.0 Å². The monoisotopic (exact) mass is 278 g/mol. The topological polar surface area (TPSA) is 76.1 Å². The van der Waals surface area contributed by atoms with Gasteiger partial charge >= 0.3 is 6.03 Å². The molecule has 6 nitrogen and oxygen atoms in total. The van der Waals surface area contributed by atoms with E-state index in [2.05, 4.69) is 20.6 Å². The number of rotatable bonds is 3. The summed E-state index contributed by atoms with van der Waals surface area (Å²) in [4.78, 5) is 19.6. The van der Waals surface area contributed by atoms with Crippen LogP contribution in [0.5, 0.6) is 5.75 Å². The van der Waals surface area contributed by atoms with Crippen molar-refractivity contribution in [2.24, 2.45) is 0 Å². The number of nitrogens with zero attached hydrogens (tertiary/aromatic N) is 2. The number of amides is 2. The van der Waals surface area contributed by atoms with Crippen LogP contribution in [0.1, 0.15) is 0 Å². The average molecular weight is 279 g/mol. The summed E-state index contributed by atoms with van der Waals surface area (Å²) in [5.74, 6) is 0.974. The Hall–Kier alpha value is -2.34. The van der Waals surface area contributed by atoms with Gasteiger partial charge < -0.3 is 10.1 Å². The van der Waals surface area contributed by atoms with Crippen molar-refractivity contribution in [3.8, 4) is 5.75 Å². The van der Waals surface area contributed by atoms with E-state index in [0.29, 0.717) is 22.3 Å². The largest absolute Gasteiger partial charge is 0.497 e. The smallest absolute Gasteiger partial charge is 0.324 e. The predicted molar refractivity (Wildman–Crippen MR) is 72.7 cm³/mol. The molecule has 0 unspecified atom stereocenters. The van der Waals surface area contributed by atoms with E-state index in [1.807, 2.05) is 0 Å². The highest BCUT2D eigenvalue weighted by atomic mass is 35.5. The Morgan fingerprint density at radius 3 is 2.89 bits per heavy atom. The summed E-state index contributed by atoms with van der Waals surface area (Å²) in [6, 6.07) is 4.41. The molecule has 0 aliphatic carbocycles. The number of anilines is 2. The van der Waals surface area contributed by atoms with Crippen molar-refractivity contribution >= 4 is 29.1 Å². The van der Waals surface area contributed by atoms with Gasteiger partial charge in [0.25, 0.3) is 0 Å². The first-order chi connectivity index (χ1) is 9.19. The number of pyridine rings is 2. The van der Waals surface area contributed by atoms with E-state index in [4.69, 9.17) is 16.3 Å². The molecule has 2 aromatic rings. The van der Waals surface area contributed by atoms with E-state index in [0.717, 1.165) is 0 Å². The molecule has 98 valence electrons. The Morgan fingerprint density at radius 1 is 1.32 bits per heavy atom. The minimum atomic E-state index is -0.462. The summed E-state index contributed by atoms with van der Waals surface area (Å²) in [6.45, 7) is 0. The van der Waals surface area contributed by atoms with Gasteiger partial charge in [0.2, 0.25) is 0 Å². The molecule has 0 aromatic carbocycles. The van der Waals surface area contributed by atoms with Crippen LogP contribution in [0.4, 0.5) is 16.3 Å². The molecule has 2 aromatic heterocycles. The van der Waals surface area contributed by atoms with Crippen molar-refractivity contribution in [1.82, 2.24) is 9.97 Å². The zero-order valence-corrected chi connectivity index (χ0v) is 10.8. The molecule has 0 saturated carbocycles. The normalized spacial score (nSPS) is 9.79. The lowest BCUT2D eigenvalue weighted by Gasteiger charge is -2.08. The minimum absolute atomic E-state index is 0.372. The van der Waals surface area contributed by atoms with Crippen LogP contribution < -0.4 is 15.4 Å². The van der Waals surface area contributed by atoms with Crippen LogP contribution in [0.15, 0.2) is 36.8 Å². The van der Waals surface area contributed by atoms with Gasteiger partial charge in [0.1, 0.15) is 11.6 Å². The summed E-state index contributed by atoms with van der Waals surface area (Å²) >= 11 is 5.90. The number of urea groups is 1. The molecule has 0 atom stereocenters. The quantitative estimate of drug-likeness (QED) is 0.905. The molecule has 0 spiro atoms. The van der Waals surface area contributed by atoms with Crippen LogP contribution in [0, 0.1) is 0 Å². The number of hydrogen-bond acceptors (Lipinski definition) is 4. The van der Waals surface area contributed by atoms with Gasteiger partial charge in [-0.3, -0.25) is 10.3 Å². The molecule has 7 heteroatoms. The van der Waals surface area contributed by atoms with Gasteiger partial charge in [-0.1, -0.05) is 11.6 Å². The average Bonchev–Trinajstić information content (AvgIpc) is 2.41. The molecule has 19 heavy (non-hydrogen) atoms. The third-order valence-electron chi connectivity index (χ3n) is 2.22. The van der Waals surface area contributed by atoms with Crippen LogP contribution in [-0.4, -0.2) is 23.1 Å².